The molecule has 0 bridgehead atoms. The molecule has 0 radical (unpaired) electrons. The quantitative estimate of drug-likeness (QED) is 0.170. The van der Waals surface area contributed by atoms with E-state index in [2.05, 4.69) is 137 Å². The van der Waals surface area contributed by atoms with Crippen LogP contribution in [0.25, 0.3) is 76.1 Å². The molecule has 2 aliphatic carbocycles. The van der Waals surface area contributed by atoms with Crippen LogP contribution in [0.1, 0.15) is 49.9 Å². The van der Waals surface area contributed by atoms with Crippen molar-refractivity contribution < 1.29 is 0 Å². The molecule has 198 valence electrons. The Labute approximate surface area is 245 Å². The normalized spacial score (nSPS) is 16.0. The van der Waals surface area contributed by atoms with E-state index in [0.717, 1.165) is 0 Å². The van der Waals surface area contributed by atoms with Crippen LogP contribution in [0.4, 0.5) is 0 Å². The highest BCUT2D eigenvalue weighted by molar-refractivity contribution is 6.27. The van der Waals surface area contributed by atoms with E-state index in [0.29, 0.717) is 0 Å². The Morgan fingerprint density at radius 3 is 1.69 bits per heavy atom. The van der Waals surface area contributed by atoms with E-state index in [1.165, 1.54) is 98.4 Å². The van der Waals surface area contributed by atoms with Crippen molar-refractivity contribution in [3.05, 3.63) is 131 Å². The van der Waals surface area contributed by atoms with Gasteiger partial charge in [-0.05, 0) is 104 Å². The smallest absolute Gasteiger partial charge is 0.0168 e. The first kappa shape index (κ1) is 22.9. The monoisotopic (exact) mass is 534 g/mol. The van der Waals surface area contributed by atoms with Crippen LogP contribution >= 0.6 is 0 Å². The van der Waals surface area contributed by atoms with Crippen LogP contribution < -0.4 is 0 Å². The van der Waals surface area contributed by atoms with E-state index in [1.807, 2.05) is 0 Å². The molecule has 42 heavy (non-hydrogen) atoms. The maximum atomic E-state index is 2.51. The minimum absolute atomic E-state index is 0.120. The van der Waals surface area contributed by atoms with E-state index in [1.54, 1.807) is 0 Å². The first-order chi connectivity index (χ1) is 20.4. The van der Waals surface area contributed by atoms with Gasteiger partial charge in [0.1, 0.15) is 0 Å². The zero-order valence-corrected chi connectivity index (χ0v) is 24.4. The molecular weight excluding hydrogens is 504 g/mol. The Bertz CT molecular complexity index is 2490. The molecule has 0 saturated carbocycles. The molecule has 0 nitrogen and oxygen atoms in total. The second-order valence-corrected chi connectivity index (χ2v) is 13.7. The minimum atomic E-state index is -0.134. The highest BCUT2D eigenvalue weighted by atomic mass is 14.5. The van der Waals surface area contributed by atoms with Crippen LogP contribution in [0.15, 0.2) is 109 Å². The summed E-state index contributed by atoms with van der Waals surface area (Å²) in [5.41, 5.74) is 11.4. The van der Waals surface area contributed by atoms with Crippen LogP contribution in [0.3, 0.4) is 0 Å². The molecule has 0 spiro atoms. The zero-order valence-electron chi connectivity index (χ0n) is 24.4. The van der Waals surface area contributed by atoms with Crippen molar-refractivity contribution in [2.45, 2.75) is 38.5 Å². The van der Waals surface area contributed by atoms with Gasteiger partial charge in [0.05, 0.1) is 0 Å². The van der Waals surface area contributed by atoms with E-state index in [-0.39, 0.29) is 10.8 Å². The predicted octanol–water partition coefficient (Wildman–Crippen LogP) is 11.5. The Kier molecular flexibility index (Phi) is 3.93. The average Bonchev–Trinajstić information content (AvgIpc) is 3.39. The van der Waals surface area contributed by atoms with Crippen LogP contribution in [-0.4, -0.2) is 0 Å². The number of hydrogen-bond acceptors (Lipinski definition) is 0. The Hall–Kier alpha value is -4.68. The lowest BCUT2D eigenvalue weighted by molar-refractivity contribution is 0.604. The lowest BCUT2D eigenvalue weighted by Crippen LogP contribution is -2.24. The second-order valence-electron chi connectivity index (χ2n) is 13.7. The van der Waals surface area contributed by atoms with Gasteiger partial charge in [0.15, 0.2) is 0 Å². The van der Waals surface area contributed by atoms with E-state index in [4.69, 9.17) is 0 Å². The molecule has 10 rings (SSSR count). The van der Waals surface area contributed by atoms with E-state index < -0.39 is 0 Å². The molecule has 0 heteroatoms. The van der Waals surface area contributed by atoms with Crippen LogP contribution in [-0.2, 0) is 10.8 Å². The van der Waals surface area contributed by atoms with Crippen molar-refractivity contribution in [2.75, 3.05) is 0 Å². The largest absolute Gasteiger partial charge is 0.0616 e. The van der Waals surface area contributed by atoms with Crippen molar-refractivity contribution >= 4 is 53.9 Å². The molecule has 0 fully saturated rings. The van der Waals surface area contributed by atoms with Gasteiger partial charge < -0.3 is 0 Å². The Morgan fingerprint density at radius 2 is 0.952 bits per heavy atom. The fraction of sp³-hybridized carbons (Fsp3) is 0.143. The third-order valence-electron chi connectivity index (χ3n) is 10.9. The van der Waals surface area contributed by atoms with Gasteiger partial charge in [-0.25, -0.2) is 0 Å². The maximum Gasteiger partial charge on any atom is 0.0168 e. The van der Waals surface area contributed by atoms with Crippen molar-refractivity contribution in [2.24, 2.45) is 0 Å². The molecule has 0 aromatic heterocycles. The van der Waals surface area contributed by atoms with Gasteiger partial charge in [0.25, 0.3) is 0 Å². The highest BCUT2D eigenvalue weighted by Crippen LogP contribution is 2.62. The summed E-state index contributed by atoms with van der Waals surface area (Å²) in [6, 6.07) is 41.6. The number of benzene rings is 8. The third-order valence-corrected chi connectivity index (χ3v) is 10.9. The van der Waals surface area contributed by atoms with Gasteiger partial charge in [0.2, 0.25) is 0 Å². The summed E-state index contributed by atoms with van der Waals surface area (Å²) in [4.78, 5) is 0. The van der Waals surface area contributed by atoms with Gasteiger partial charge >= 0.3 is 0 Å². The number of rotatable bonds is 0. The van der Waals surface area contributed by atoms with Crippen molar-refractivity contribution in [3.8, 4) is 22.3 Å². The Morgan fingerprint density at radius 1 is 0.381 bits per heavy atom. The Balaban J connectivity index is 1.37. The van der Waals surface area contributed by atoms with E-state index >= 15 is 0 Å². The predicted molar refractivity (Wildman–Crippen MR) is 180 cm³/mol. The van der Waals surface area contributed by atoms with Gasteiger partial charge in [-0.3, -0.25) is 0 Å². The fourth-order valence-corrected chi connectivity index (χ4v) is 9.24. The van der Waals surface area contributed by atoms with Crippen LogP contribution in [0, 0.1) is 0 Å². The molecule has 0 N–H and O–H groups in total. The van der Waals surface area contributed by atoms with Crippen molar-refractivity contribution in [1.29, 1.82) is 0 Å². The van der Waals surface area contributed by atoms with Gasteiger partial charge in [-0.1, -0.05) is 131 Å². The summed E-state index contributed by atoms with van der Waals surface area (Å²) in [5.74, 6) is 0. The third kappa shape index (κ3) is 2.45. The molecule has 0 atom stereocenters. The molecule has 0 aliphatic heterocycles. The van der Waals surface area contributed by atoms with Crippen molar-refractivity contribution in [3.63, 3.8) is 0 Å². The molecule has 8 aromatic rings. The molecular formula is C42H30. The second kappa shape index (κ2) is 7.20. The molecule has 2 aliphatic rings. The summed E-state index contributed by atoms with van der Waals surface area (Å²) in [5, 5.41) is 13.7. The lowest BCUT2D eigenvalue weighted by Gasteiger charge is -2.31. The molecule has 0 heterocycles. The molecule has 0 saturated heterocycles. The van der Waals surface area contributed by atoms with Crippen LogP contribution in [0.5, 0.6) is 0 Å². The van der Waals surface area contributed by atoms with Gasteiger partial charge in [0, 0.05) is 10.8 Å². The molecule has 8 aromatic carbocycles. The van der Waals surface area contributed by atoms with Gasteiger partial charge in [-0.15, -0.1) is 0 Å². The van der Waals surface area contributed by atoms with Crippen LogP contribution in [0.2, 0.25) is 0 Å². The highest BCUT2D eigenvalue weighted by Gasteiger charge is 2.47. The topological polar surface area (TPSA) is 0 Å². The summed E-state index contributed by atoms with van der Waals surface area (Å²) in [6.45, 7) is 9.87. The van der Waals surface area contributed by atoms with E-state index in [9.17, 15) is 0 Å². The molecule has 0 amide bonds. The SMILES string of the molecule is CC1(C)c2cc3ccc4cccc5ccc(c2-c2ccc6c(c21)C(C)(C)c1c-6c2ccccc2c2ccccc12)c3c45. The first-order valence-electron chi connectivity index (χ1n) is 15.2. The fourth-order valence-electron chi connectivity index (χ4n) is 9.24. The standard InChI is InChI=1S/C42H30/c1-41(2)33-22-25-17-16-23-10-9-11-24-18-19-30(35(25)34(23)24)36(33)31-20-21-32-37-28-14-7-5-12-26(28)27-13-6-8-15-29(27)38(37)42(3,4)40(32)39(31)41/h5-22H,1-4H3. The average molecular weight is 535 g/mol. The summed E-state index contributed by atoms with van der Waals surface area (Å²) < 4.78 is 0. The molecule has 0 unspecified atom stereocenters. The zero-order chi connectivity index (χ0) is 28.1. The number of hydrogen-bond donors (Lipinski definition) is 0. The van der Waals surface area contributed by atoms with Crippen molar-refractivity contribution in [1.82, 2.24) is 0 Å². The summed E-state index contributed by atoms with van der Waals surface area (Å²) in [6.07, 6.45) is 0. The summed E-state index contributed by atoms with van der Waals surface area (Å²) >= 11 is 0. The minimum Gasteiger partial charge on any atom is -0.0616 e. The first-order valence-corrected chi connectivity index (χ1v) is 15.2. The lowest BCUT2D eigenvalue weighted by atomic mass is 9.71. The number of fused-ring (bicyclic) bond motifs is 13. The maximum absolute atomic E-state index is 2.51. The van der Waals surface area contributed by atoms with Gasteiger partial charge in [-0.2, -0.15) is 0 Å². The summed E-state index contributed by atoms with van der Waals surface area (Å²) in [7, 11) is 0.